The van der Waals surface area contributed by atoms with Crippen LogP contribution in [0.4, 0.5) is 5.69 Å². The van der Waals surface area contributed by atoms with Crippen LogP contribution in [0.2, 0.25) is 0 Å². The van der Waals surface area contributed by atoms with E-state index >= 15 is 0 Å². The molecular weight excluding hydrogens is 268 g/mol. The van der Waals surface area contributed by atoms with E-state index in [0.717, 1.165) is 22.8 Å². The number of rotatable bonds is 3. The molecule has 20 heavy (non-hydrogen) atoms. The molecule has 0 radical (unpaired) electrons. The number of hydrogen-bond acceptors (Lipinski definition) is 4. The van der Waals surface area contributed by atoms with E-state index in [9.17, 15) is 0 Å². The first kappa shape index (κ1) is 11.9. The minimum Gasteiger partial charge on any atom is -0.399 e. The van der Waals surface area contributed by atoms with Crippen molar-refractivity contribution in [3.05, 3.63) is 40.1 Å². The first-order valence-corrected chi connectivity index (χ1v) is 7.69. The maximum absolute atomic E-state index is 5.87. The van der Waals surface area contributed by atoms with Gasteiger partial charge in [0.1, 0.15) is 5.82 Å². The van der Waals surface area contributed by atoms with Gasteiger partial charge in [-0.2, -0.15) is 0 Å². The Kier molecular flexibility index (Phi) is 2.57. The Hall–Kier alpha value is -1.88. The molecule has 0 bridgehead atoms. The van der Waals surface area contributed by atoms with Gasteiger partial charge in [-0.05, 0) is 38.0 Å². The number of imidazole rings is 1. The highest BCUT2D eigenvalue weighted by Crippen LogP contribution is 2.41. The molecule has 0 amide bonds. The molecule has 1 aliphatic rings. The summed E-state index contributed by atoms with van der Waals surface area (Å²) in [6.45, 7) is 2.90. The van der Waals surface area contributed by atoms with E-state index in [4.69, 9.17) is 10.7 Å². The van der Waals surface area contributed by atoms with Gasteiger partial charge in [-0.25, -0.2) is 9.97 Å². The fraction of sp³-hybridized carbons (Fsp3) is 0.333. The van der Waals surface area contributed by atoms with Gasteiger partial charge in [0, 0.05) is 22.7 Å². The minimum atomic E-state index is 0.623. The molecule has 4 rings (SSSR count). The number of anilines is 1. The van der Waals surface area contributed by atoms with Gasteiger partial charge in [0.15, 0.2) is 0 Å². The first-order chi connectivity index (χ1) is 9.70. The van der Waals surface area contributed by atoms with Crippen LogP contribution in [0.25, 0.3) is 11.0 Å². The highest BCUT2D eigenvalue weighted by atomic mass is 32.1. The summed E-state index contributed by atoms with van der Waals surface area (Å²) in [4.78, 5) is 10.4. The Morgan fingerprint density at radius 2 is 2.25 bits per heavy atom. The maximum atomic E-state index is 5.87. The Morgan fingerprint density at radius 1 is 1.40 bits per heavy atom. The van der Waals surface area contributed by atoms with E-state index < -0.39 is 0 Å². The third-order valence-electron chi connectivity index (χ3n) is 3.73. The van der Waals surface area contributed by atoms with Crippen molar-refractivity contribution < 1.29 is 0 Å². The second kappa shape index (κ2) is 4.31. The average Bonchev–Trinajstić information content (AvgIpc) is 3.10. The van der Waals surface area contributed by atoms with Crippen LogP contribution < -0.4 is 5.73 Å². The van der Waals surface area contributed by atoms with E-state index in [1.165, 1.54) is 29.1 Å². The average molecular weight is 284 g/mol. The molecule has 1 saturated carbocycles. The number of hydrogen-bond donors (Lipinski definition) is 1. The van der Waals surface area contributed by atoms with Crippen LogP contribution in [0.1, 0.15) is 34.5 Å². The number of fused-ring (bicyclic) bond motifs is 1. The van der Waals surface area contributed by atoms with Crippen LogP contribution in [0.15, 0.2) is 24.4 Å². The quantitative estimate of drug-likeness (QED) is 0.751. The fourth-order valence-corrected chi connectivity index (χ4v) is 3.40. The van der Waals surface area contributed by atoms with Crippen LogP contribution in [0, 0.1) is 6.92 Å². The predicted molar refractivity (Wildman–Crippen MR) is 82.1 cm³/mol. The SMILES string of the molecule is Cc1ncc(Cn2c(C3CC3)nc3cc(N)ccc32)s1. The smallest absolute Gasteiger partial charge is 0.113 e. The number of benzene rings is 1. The van der Waals surface area contributed by atoms with Gasteiger partial charge < -0.3 is 10.3 Å². The number of thiazole rings is 1. The third-order valence-corrected chi connectivity index (χ3v) is 4.62. The normalized spacial score (nSPS) is 15.1. The molecule has 1 aromatic carbocycles. The monoisotopic (exact) mass is 284 g/mol. The van der Waals surface area contributed by atoms with Gasteiger partial charge in [-0.15, -0.1) is 11.3 Å². The lowest BCUT2D eigenvalue weighted by Gasteiger charge is -2.06. The molecule has 2 N–H and O–H groups in total. The number of aryl methyl sites for hydroxylation is 1. The zero-order valence-electron chi connectivity index (χ0n) is 11.3. The van der Waals surface area contributed by atoms with E-state index in [1.54, 1.807) is 11.3 Å². The lowest BCUT2D eigenvalue weighted by Crippen LogP contribution is -2.03. The number of nitrogen functional groups attached to an aromatic ring is 1. The van der Waals surface area contributed by atoms with Crippen molar-refractivity contribution in [3.8, 4) is 0 Å². The Bertz CT molecular complexity index is 782. The van der Waals surface area contributed by atoms with E-state index in [2.05, 4.69) is 15.6 Å². The van der Waals surface area contributed by atoms with Gasteiger partial charge in [0.25, 0.3) is 0 Å². The largest absolute Gasteiger partial charge is 0.399 e. The van der Waals surface area contributed by atoms with Crippen LogP contribution in [-0.2, 0) is 6.54 Å². The molecule has 0 atom stereocenters. The molecule has 4 nitrogen and oxygen atoms in total. The van der Waals surface area contributed by atoms with E-state index in [0.29, 0.717) is 5.92 Å². The van der Waals surface area contributed by atoms with Crippen LogP contribution in [0.3, 0.4) is 0 Å². The highest BCUT2D eigenvalue weighted by Gasteiger charge is 2.29. The van der Waals surface area contributed by atoms with Gasteiger partial charge in [-0.1, -0.05) is 0 Å². The molecule has 5 heteroatoms. The summed E-state index contributed by atoms with van der Waals surface area (Å²) in [5.41, 5.74) is 8.83. The summed E-state index contributed by atoms with van der Waals surface area (Å²) >= 11 is 1.75. The van der Waals surface area contributed by atoms with Crippen molar-refractivity contribution in [2.24, 2.45) is 0 Å². The molecular formula is C15H16N4S. The molecule has 0 unspecified atom stereocenters. The summed E-state index contributed by atoms with van der Waals surface area (Å²) in [5.74, 6) is 1.83. The van der Waals surface area contributed by atoms with Crippen molar-refractivity contribution >= 4 is 28.1 Å². The molecule has 2 aromatic heterocycles. The molecule has 102 valence electrons. The van der Waals surface area contributed by atoms with Crippen molar-refractivity contribution in [1.82, 2.24) is 14.5 Å². The van der Waals surface area contributed by atoms with Crippen molar-refractivity contribution in [2.45, 2.75) is 32.2 Å². The van der Waals surface area contributed by atoms with Gasteiger partial charge in [0.2, 0.25) is 0 Å². The van der Waals surface area contributed by atoms with Gasteiger partial charge in [-0.3, -0.25) is 0 Å². The molecule has 2 heterocycles. The topological polar surface area (TPSA) is 56.7 Å². The predicted octanol–water partition coefficient (Wildman–Crippen LogP) is 3.31. The Morgan fingerprint density at radius 3 is 2.95 bits per heavy atom. The molecule has 0 saturated heterocycles. The zero-order valence-corrected chi connectivity index (χ0v) is 12.2. The highest BCUT2D eigenvalue weighted by molar-refractivity contribution is 7.11. The van der Waals surface area contributed by atoms with Crippen molar-refractivity contribution in [1.29, 1.82) is 0 Å². The van der Waals surface area contributed by atoms with Gasteiger partial charge >= 0.3 is 0 Å². The van der Waals surface area contributed by atoms with E-state index in [-0.39, 0.29) is 0 Å². The van der Waals surface area contributed by atoms with E-state index in [1.807, 2.05) is 25.3 Å². The van der Waals surface area contributed by atoms with Crippen LogP contribution in [-0.4, -0.2) is 14.5 Å². The lowest BCUT2D eigenvalue weighted by atomic mass is 10.3. The number of nitrogens with two attached hydrogens (primary N) is 1. The van der Waals surface area contributed by atoms with Crippen LogP contribution >= 0.6 is 11.3 Å². The molecule has 1 aliphatic carbocycles. The standard InChI is InChI=1S/C15H16N4S/c1-9-17-7-12(20-9)8-19-14-5-4-11(16)6-13(14)18-15(19)10-2-3-10/h4-7,10H,2-3,8,16H2,1H3. The van der Waals surface area contributed by atoms with Crippen molar-refractivity contribution in [2.75, 3.05) is 5.73 Å². The molecule has 0 spiro atoms. The first-order valence-electron chi connectivity index (χ1n) is 6.87. The lowest BCUT2D eigenvalue weighted by molar-refractivity contribution is 0.754. The number of aromatic nitrogens is 3. The molecule has 0 aliphatic heterocycles. The Labute approximate surface area is 121 Å². The fourth-order valence-electron chi connectivity index (χ4n) is 2.62. The second-order valence-corrected chi connectivity index (χ2v) is 6.74. The summed E-state index contributed by atoms with van der Waals surface area (Å²) < 4.78 is 2.33. The second-order valence-electron chi connectivity index (χ2n) is 5.42. The zero-order chi connectivity index (χ0) is 13.7. The minimum absolute atomic E-state index is 0.623. The molecule has 3 aromatic rings. The van der Waals surface area contributed by atoms with Crippen molar-refractivity contribution in [3.63, 3.8) is 0 Å². The Balaban J connectivity index is 1.84. The maximum Gasteiger partial charge on any atom is 0.113 e. The summed E-state index contributed by atoms with van der Waals surface area (Å²) in [7, 11) is 0. The van der Waals surface area contributed by atoms with Gasteiger partial charge in [0.05, 0.1) is 22.6 Å². The summed E-state index contributed by atoms with van der Waals surface area (Å²) in [6, 6.07) is 6.00. The van der Waals surface area contributed by atoms with Crippen LogP contribution in [0.5, 0.6) is 0 Å². The summed E-state index contributed by atoms with van der Waals surface area (Å²) in [6.07, 6.45) is 4.47. The molecule has 1 fully saturated rings. The number of nitrogens with zero attached hydrogens (tertiary/aromatic N) is 3. The third kappa shape index (κ3) is 1.98. The summed E-state index contributed by atoms with van der Waals surface area (Å²) in [5, 5.41) is 1.11.